The summed E-state index contributed by atoms with van der Waals surface area (Å²) in [6.07, 6.45) is 7.78. The van der Waals surface area contributed by atoms with Crippen molar-refractivity contribution in [3.8, 4) is 34.1 Å². The summed E-state index contributed by atoms with van der Waals surface area (Å²) in [5.41, 5.74) is 8.80. The van der Waals surface area contributed by atoms with Crippen LogP contribution in [-0.2, 0) is 5.54 Å². The second kappa shape index (κ2) is 6.90. The van der Waals surface area contributed by atoms with Gasteiger partial charge in [0.15, 0.2) is 17.3 Å². The highest BCUT2D eigenvalue weighted by atomic mass is 35.5. The quantitative estimate of drug-likeness (QED) is 0.710. The molecule has 0 radical (unpaired) electrons. The first-order valence-corrected chi connectivity index (χ1v) is 8.93. The van der Waals surface area contributed by atoms with Crippen molar-refractivity contribution in [2.24, 2.45) is 5.73 Å². The maximum atomic E-state index is 6.45. The Morgan fingerprint density at radius 2 is 1.74 bits per heavy atom. The van der Waals surface area contributed by atoms with E-state index in [4.69, 9.17) is 19.7 Å². The first kappa shape index (κ1) is 17.9. The Balaban J connectivity index is 0.00000180. The molecule has 1 aliphatic heterocycles. The molecule has 1 saturated carbocycles. The number of rotatable bonds is 3. The van der Waals surface area contributed by atoms with Gasteiger partial charge >= 0.3 is 0 Å². The van der Waals surface area contributed by atoms with Crippen LogP contribution in [0.4, 0.5) is 0 Å². The van der Waals surface area contributed by atoms with Gasteiger partial charge in [0.2, 0.25) is 0 Å². The smallest absolute Gasteiger partial charge is 0.260 e. The number of aromatic nitrogens is 3. The first-order chi connectivity index (χ1) is 12.7. The molecule has 142 valence electrons. The molecule has 0 unspecified atom stereocenters. The monoisotopic (exact) mass is 388 g/mol. The molecule has 5 rings (SSSR count). The normalized spacial score (nSPS) is 17.5. The molecule has 3 aromatic rings. The molecule has 0 spiro atoms. The third-order valence-electron chi connectivity index (χ3n) is 5.20. The number of halogens is 1. The van der Waals surface area contributed by atoms with Crippen molar-refractivity contribution in [1.29, 1.82) is 0 Å². The lowest BCUT2D eigenvalue weighted by atomic mass is 9.98. The third-order valence-corrected chi connectivity index (χ3v) is 5.20. The average Bonchev–Trinajstić information content (AvgIpc) is 3.41. The van der Waals surface area contributed by atoms with E-state index in [1.807, 2.05) is 30.6 Å². The van der Waals surface area contributed by atoms with Crippen molar-refractivity contribution < 1.29 is 14.0 Å². The largest absolute Gasteiger partial charge is 0.486 e. The van der Waals surface area contributed by atoms with E-state index in [-0.39, 0.29) is 12.4 Å². The van der Waals surface area contributed by atoms with Crippen LogP contribution in [0.3, 0.4) is 0 Å². The van der Waals surface area contributed by atoms with E-state index in [9.17, 15) is 0 Å². The number of fused-ring (bicyclic) bond motifs is 1. The predicted molar refractivity (Wildman–Crippen MR) is 102 cm³/mol. The van der Waals surface area contributed by atoms with Crippen LogP contribution in [0.2, 0.25) is 0 Å². The minimum absolute atomic E-state index is 0. The van der Waals surface area contributed by atoms with E-state index in [1.165, 1.54) is 0 Å². The Morgan fingerprint density at radius 1 is 1.00 bits per heavy atom. The number of benzene rings is 1. The van der Waals surface area contributed by atoms with Gasteiger partial charge in [-0.05, 0) is 30.5 Å². The molecular formula is C19H21ClN4O3. The van der Waals surface area contributed by atoms with E-state index in [1.54, 1.807) is 0 Å². The van der Waals surface area contributed by atoms with Crippen molar-refractivity contribution in [1.82, 2.24) is 15.1 Å². The second-order valence-electron chi connectivity index (χ2n) is 6.93. The molecule has 0 atom stereocenters. The lowest BCUT2D eigenvalue weighted by Crippen LogP contribution is -2.34. The predicted octanol–water partition coefficient (Wildman–Crippen LogP) is 3.65. The van der Waals surface area contributed by atoms with E-state index < -0.39 is 5.54 Å². The first-order valence-electron chi connectivity index (χ1n) is 8.93. The summed E-state index contributed by atoms with van der Waals surface area (Å²) in [6, 6.07) is 5.89. The molecule has 3 N–H and O–H groups in total. The number of H-pyrrole nitrogens is 1. The minimum atomic E-state index is -0.463. The highest BCUT2D eigenvalue weighted by Crippen LogP contribution is 2.39. The van der Waals surface area contributed by atoms with Crippen LogP contribution in [-0.4, -0.2) is 28.3 Å². The van der Waals surface area contributed by atoms with E-state index >= 15 is 0 Å². The summed E-state index contributed by atoms with van der Waals surface area (Å²) >= 11 is 0. The van der Waals surface area contributed by atoms with Crippen LogP contribution in [0.5, 0.6) is 11.5 Å². The summed E-state index contributed by atoms with van der Waals surface area (Å²) in [6.45, 7) is 1.13. The molecular weight excluding hydrogens is 368 g/mol. The molecule has 1 fully saturated rings. The fraction of sp³-hybridized carbons (Fsp3) is 0.368. The molecule has 3 heterocycles. The zero-order chi connectivity index (χ0) is 17.6. The number of ether oxygens (including phenoxy) is 2. The maximum absolute atomic E-state index is 6.45. The number of nitrogens with two attached hydrogens (primary N) is 1. The zero-order valence-electron chi connectivity index (χ0n) is 14.7. The standard InChI is InChI=1S/C19H20N4O3.ClH/c20-19(5-1-2-6-19)18-22-17(26-23-18)14-11-21-10-13(14)12-3-4-15-16(9-12)25-8-7-24-15;/h3-4,9-11,21H,1-2,5-8,20H2;1H. The summed E-state index contributed by atoms with van der Waals surface area (Å²) in [5, 5.41) is 4.16. The minimum Gasteiger partial charge on any atom is -0.486 e. The number of nitrogens with one attached hydrogen (secondary N) is 1. The number of hydrogen-bond donors (Lipinski definition) is 2. The summed E-state index contributed by atoms with van der Waals surface area (Å²) < 4.78 is 16.8. The molecule has 1 aliphatic carbocycles. The van der Waals surface area contributed by atoms with Gasteiger partial charge in [0.25, 0.3) is 5.89 Å². The zero-order valence-corrected chi connectivity index (χ0v) is 15.6. The Kier molecular flexibility index (Phi) is 4.57. The van der Waals surface area contributed by atoms with Crippen molar-refractivity contribution in [3.05, 3.63) is 36.4 Å². The van der Waals surface area contributed by atoms with Gasteiger partial charge < -0.3 is 24.7 Å². The lowest BCUT2D eigenvalue weighted by Gasteiger charge is -2.18. The van der Waals surface area contributed by atoms with E-state index in [0.29, 0.717) is 24.9 Å². The maximum Gasteiger partial charge on any atom is 0.260 e. The van der Waals surface area contributed by atoms with Crippen LogP contribution in [0, 0.1) is 0 Å². The Bertz CT molecular complexity index is 946. The van der Waals surface area contributed by atoms with Crippen LogP contribution in [0.15, 0.2) is 35.1 Å². The summed E-state index contributed by atoms with van der Waals surface area (Å²) in [5.74, 6) is 2.59. The van der Waals surface area contributed by atoms with Crippen molar-refractivity contribution in [2.75, 3.05) is 13.2 Å². The number of nitrogens with zero attached hydrogens (tertiary/aromatic N) is 2. The van der Waals surface area contributed by atoms with Gasteiger partial charge in [0, 0.05) is 18.0 Å². The van der Waals surface area contributed by atoms with Gasteiger partial charge in [-0.2, -0.15) is 4.98 Å². The molecule has 2 aliphatic rings. The fourth-order valence-corrected chi connectivity index (χ4v) is 3.76. The van der Waals surface area contributed by atoms with Crippen LogP contribution < -0.4 is 15.2 Å². The molecule has 1 aromatic carbocycles. The molecule has 8 heteroatoms. The van der Waals surface area contributed by atoms with Crippen LogP contribution >= 0.6 is 12.4 Å². The van der Waals surface area contributed by atoms with E-state index in [2.05, 4.69) is 15.1 Å². The van der Waals surface area contributed by atoms with Gasteiger partial charge in [-0.1, -0.05) is 24.1 Å². The van der Waals surface area contributed by atoms with Gasteiger partial charge in [-0.3, -0.25) is 0 Å². The van der Waals surface area contributed by atoms with Crippen LogP contribution in [0.25, 0.3) is 22.6 Å². The molecule has 27 heavy (non-hydrogen) atoms. The number of aromatic amines is 1. The topological polar surface area (TPSA) is 99.2 Å². The number of hydrogen-bond acceptors (Lipinski definition) is 6. The Labute approximate surface area is 162 Å². The molecule has 2 aromatic heterocycles. The van der Waals surface area contributed by atoms with Gasteiger partial charge in [0.05, 0.1) is 11.1 Å². The summed E-state index contributed by atoms with van der Waals surface area (Å²) in [4.78, 5) is 7.73. The van der Waals surface area contributed by atoms with Crippen molar-refractivity contribution >= 4 is 12.4 Å². The van der Waals surface area contributed by atoms with Crippen LogP contribution in [0.1, 0.15) is 31.5 Å². The SMILES string of the molecule is Cl.NC1(c2noc(-c3c[nH]cc3-c3ccc4c(c3)OCCO4)n2)CCCC1. The Hall–Kier alpha value is -2.51. The third kappa shape index (κ3) is 3.07. The summed E-state index contributed by atoms with van der Waals surface area (Å²) in [7, 11) is 0. The molecule has 7 nitrogen and oxygen atoms in total. The van der Waals surface area contributed by atoms with Gasteiger partial charge in [-0.25, -0.2) is 0 Å². The average molecular weight is 389 g/mol. The molecule has 0 amide bonds. The highest BCUT2D eigenvalue weighted by Gasteiger charge is 2.36. The van der Waals surface area contributed by atoms with Crippen molar-refractivity contribution in [3.63, 3.8) is 0 Å². The van der Waals surface area contributed by atoms with Crippen molar-refractivity contribution in [2.45, 2.75) is 31.2 Å². The van der Waals surface area contributed by atoms with Gasteiger partial charge in [-0.15, -0.1) is 12.4 Å². The Morgan fingerprint density at radius 3 is 2.56 bits per heavy atom. The van der Waals surface area contributed by atoms with E-state index in [0.717, 1.165) is 53.9 Å². The fourth-order valence-electron chi connectivity index (χ4n) is 3.76. The highest BCUT2D eigenvalue weighted by molar-refractivity contribution is 5.85. The second-order valence-corrected chi connectivity index (χ2v) is 6.93. The molecule has 0 bridgehead atoms. The van der Waals surface area contributed by atoms with Gasteiger partial charge in [0.1, 0.15) is 13.2 Å². The lowest BCUT2D eigenvalue weighted by molar-refractivity contribution is 0.171. The molecule has 0 saturated heterocycles.